The van der Waals surface area contributed by atoms with Crippen molar-refractivity contribution in [2.45, 2.75) is 32.4 Å². The van der Waals surface area contributed by atoms with Crippen LogP contribution >= 0.6 is 0 Å². The molecule has 0 unspecified atom stereocenters. The number of rotatable bonds is 7. The first kappa shape index (κ1) is 16.5. The van der Waals surface area contributed by atoms with E-state index < -0.39 is 8.07 Å². The normalized spacial score (nSPS) is 11.4. The van der Waals surface area contributed by atoms with Crippen molar-refractivity contribution in [1.29, 1.82) is 0 Å². The number of pyridine rings is 1. The Hall–Kier alpha value is -1.85. The molecule has 0 aliphatic carbocycles. The van der Waals surface area contributed by atoms with Crippen LogP contribution in [0.2, 0.25) is 25.7 Å². The van der Waals surface area contributed by atoms with Crippen molar-refractivity contribution in [3.8, 4) is 11.5 Å². The molecule has 0 aliphatic rings. The Morgan fingerprint density at radius 2 is 1.77 bits per heavy atom. The summed E-state index contributed by atoms with van der Waals surface area (Å²) in [5, 5.41) is 0. The molecule has 0 amide bonds. The Labute approximate surface area is 132 Å². The summed E-state index contributed by atoms with van der Waals surface area (Å²) in [6.07, 6.45) is 1.70. The van der Waals surface area contributed by atoms with Gasteiger partial charge in [-0.1, -0.05) is 37.8 Å². The van der Waals surface area contributed by atoms with Gasteiger partial charge in [0.25, 0.3) is 5.56 Å². The van der Waals surface area contributed by atoms with Gasteiger partial charge < -0.3 is 9.47 Å². The molecule has 0 aliphatic heterocycles. The topological polar surface area (TPSA) is 40.5 Å². The molecule has 1 aromatic heterocycles. The Balaban J connectivity index is 1.91. The summed E-state index contributed by atoms with van der Waals surface area (Å²) in [6, 6.07) is 13.8. The third kappa shape index (κ3) is 5.50. The van der Waals surface area contributed by atoms with Crippen LogP contribution in [-0.4, -0.2) is 19.2 Å². The summed E-state index contributed by atoms with van der Waals surface area (Å²) >= 11 is 0. The highest BCUT2D eigenvalue weighted by Gasteiger charge is 2.12. The Morgan fingerprint density at radius 3 is 2.41 bits per heavy atom. The van der Waals surface area contributed by atoms with E-state index in [1.807, 2.05) is 30.3 Å². The smallest absolute Gasteiger partial charge is 0.256 e. The van der Waals surface area contributed by atoms with Crippen molar-refractivity contribution in [1.82, 2.24) is 4.57 Å². The number of nitrogens with zero attached hydrogens (tertiary/aromatic N) is 1. The van der Waals surface area contributed by atoms with Crippen LogP contribution in [-0.2, 0) is 11.5 Å². The van der Waals surface area contributed by atoms with E-state index in [0.717, 1.165) is 6.04 Å². The SMILES string of the molecule is C[Si](C)(C)CCOCn1ccc(Oc2ccccc2)cc1=O. The zero-order valence-electron chi connectivity index (χ0n) is 13.4. The van der Waals surface area contributed by atoms with E-state index >= 15 is 0 Å². The van der Waals surface area contributed by atoms with Crippen molar-refractivity contribution < 1.29 is 9.47 Å². The van der Waals surface area contributed by atoms with Gasteiger partial charge in [0.2, 0.25) is 0 Å². The van der Waals surface area contributed by atoms with Crippen molar-refractivity contribution in [2.75, 3.05) is 6.61 Å². The number of para-hydroxylation sites is 1. The molecule has 0 bridgehead atoms. The van der Waals surface area contributed by atoms with Gasteiger partial charge in [-0.2, -0.15) is 0 Å². The van der Waals surface area contributed by atoms with Crippen molar-refractivity contribution >= 4 is 8.07 Å². The fourth-order valence-electron chi connectivity index (χ4n) is 1.83. The lowest BCUT2D eigenvalue weighted by molar-refractivity contribution is 0.0846. The zero-order valence-corrected chi connectivity index (χ0v) is 14.4. The molecule has 2 aromatic rings. The van der Waals surface area contributed by atoms with Gasteiger partial charge in [0.15, 0.2) is 0 Å². The number of aromatic nitrogens is 1. The highest BCUT2D eigenvalue weighted by Crippen LogP contribution is 2.18. The molecule has 0 saturated carbocycles. The third-order valence-electron chi connectivity index (χ3n) is 3.17. The lowest BCUT2D eigenvalue weighted by atomic mass is 10.3. The van der Waals surface area contributed by atoms with Crippen LogP contribution in [0.15, 0.2) is 53.5 Å². The quantitative estimate of drug-likeness (QED) is 0.573. The maximum Gasteiger partial charge on any atom is 0.256 e. The van der Waals surface area contributed by atoms with Gasteiger partial charge in [-0.15, -0.1) is 0 Å². The van der Waals surface area contributed by atoms with Crippen LogP contribution in [0.4, 0.5) is 0 Å². The molecule has 0 saturated heterocycles. The van der Waals surface area contributed by atoms with E-state index in [-0.39, 0.29) is 12.3 Å². The van der Waals surface area contributed by atoms with Gasteiger partial charge in [0, 0.05) is 26.9 Å². The van der Waals surface area contributed by atoms with Gasteiger partial charge in [0.05, 0.1) is 0 Å². The third-order valence-corrected chi connectivity index (χ3v) is 4.88. The highest BCUT2D eigenvalue weighted by molar-refractivity contribution is 6.76. The molecule has 118 valence electrons. The molecular weight excluding hydrogens is 294 g/mol. The lowest BCUT2D eigenvalue weighted by Gasteiger charge is -2.15. The fraction of sp³-hybridized carbons (Fsp3) is 0.353. The maximum atomic E-state index is 12.0. The largest absolute Gasteiger partial charge is 0.457 e. The molecule has 22 heavy (non-hydrogen) atoms. The fourth-order valence-corrected chi connectivity index (χ4v) is 2.58. The van der Waals surface area contributed by atoms with Crippen molar-refractivity contribution in [3.63, 3.8) is 0 Å². The molecule has 0 fully saturated rings. The number of hydrogen-bond donors (Lipinski definition) is 0. The second-order valence-corrected chi connectivity index (χ2v) is 12.1. The second-order valence-electron chi connectivity index (χ2n) is 6.43. The van der Waals surface area contributed by atoms with Crippen LogP contribution in [0, 0.1) is 0 Å². The van der Waals surface area contributed by atoms with Crippen LogP contribution in [0.5, 0.6) is 11.5 Å². The van der Waals surface area contributed by atoms with E-state index in [9.17, 15) is 4.79 Å². The highest BCUT2D eigenvalue weighted by atomic mass is 28.3. The van der Waals surface area contributed by atoms with E-state index in [0.29, 0.717) is 18.1 Å². The van der Waals surface area contributed by atoms with Gasteiger partial charge in [-0.3, -0.25) is 9.36 Å². The van der Waals surface area contributed by atoms with Gasteiger partial charge in [-0.05, 0) is 24.2 Å². The summed E-state index contributed by atoms with van der Waals surface area (Å²) in [7, 11) is -1.09. The molecule has 0 N–H and O–H groups in total. The standard InChI is InChI=1S/C17H23NO3Si/c1-22(2,3)12-11-20-14-18-10-9-16(13-17(18)19)21-15-7-5-4-6-8-15/h4-10,13H,11-12,14H2,1-3H3. The summed E-state index contributed by atoms with van der Waals surface area (Å²) in [5.74, 6) is 1.25. The first-order chi connectivity index (χ1) is 10.4. The van der Waals surface area contributed by atoms with E-state index in [1.165, 1.54) is 6.07 Å². The van der Waals surface area contributed by atoms with Gasteiger partial charge >= 0.3 is 0 Å². The minimum atomic E-state index is -1.09. The number of hydrogen-bond acceptors (Lipinski definition) is 3. The minimum Gasteiger partial charge on any atom is -0.457 e. The molecule has 1 heterocycles. The average Bonchev–Trinajstić information content (AvgIpc) is 2.45. The summed E-state index contributed by atoms with van der Waals surface area (Å²) < 4.78 is 12.8. The Morgan fingerprint density at radius 1 is 1.05 bits per heavy atom. The molecular formula is C17H23NO3Si. The summed E-state index contributed by atoms with van der Waals surface area (Å²) in [6.45, 7) is 7.90. The molecule has 4 nitrogen and oxygen atoms in total. The van der Waals surface area contributed by atoms with Crippen molar-refractivity contribution in [2.24, 2.45) is 0 Å². The second kappa shape index (κ2) is 7.42. The van der Waals surface area contributed by atoms with Gasteiger partial charge in [0.1, 0.15) is 18.2 Å². The first-order valence-electron chi connectivity index (χ1n) is 7.45. The van der Waals surface area contributed by atoms with Crippen LogP contribution in [0.25, 0.3) is 0 Å². The summed E-state index contributed by atoms with van der Waals surface area (Å²) in [4.78, 5) is 12.0. The van der Waals surface area contributed by atoms with Crippen molar-refractivity contribution in [3.05, 3.63) is 59.0 Å². The molecule has 0 radical (unpaired) electrons. The molecule has 0 atom stereocenters. The maximum absolute atomic E-state index is 12.0. The monoisotopic (exact) mass is 317 g/mol. The first-order valence-corrected chi connectivity index (χ1v) is 11.2. The predicted molar refractivity (Wildman–Crippen MR) is 91.3 cm³/mol. The average molecular weight is 317 g/mol. The predicted octanol–water partition coefficient (Wildman–Crippen LogP) is 3.95. The molecule has 0 spiro atoms. The zero-order chi connectivity index (χ0) is 16.0. The molecule has 5 heteroatoms. The number of benzene rings is 1. The van der Waals surface area contributed by atoms with Crippen LogP contribution in [0.1, 0.15) is 0 Å². The Bertz CT molecular complexity index is 647. The van der Waals surface area contributed by atoms with E-state index in [2.05, 4.69) is 19.6 Å². The minimum absolute atomic E-state index is 0.124. The Kier molecular flexibility index (Phi) is 5.57. The molecule has 2 rings (SSSR count). The van der Waals surface area contributed by atoms with E-state index in [1.54, 1.807) is 16.8 Å². The number of ether oxygens (including phenoxy) is 2. The van der Waals surface area contributed by atoms with E-state index in [4.69, 9.17) is 9.47 Å². The van der Waals surface area contributed by atoms with Gasteiger partial charge in [-0.25, -0.2) is 0 Å². The lowest BCUT2D eigenvalue weighted by Crippen LogP contribution is -2.24. The summed E-state index contributed by atoms with van der Waals surface area (Å²) in [5.41, 5.74) is -0.124. The molecule has 1 aromatic carbocycles. The van der Waals surface area contributed by atoms with Crippen LogP contribution in [0.3, 0.4) is 0 Å². The van der Waals surface area contributed by atoms with Crippen LogP contribution < -0.4 is 10.3 Å².